The van der Waals surface area contributed by atoms with Crippen LogP contribution in [-0.2, 0) is 12.8 Å². The molecule has 4 heteroatoms. The topological polar surface area (TPSA) is 35.2 Å². The van der Waals surface area contributed by atoms with Gasteiger partial charge < -0.3 is 10.5 Å². The van der Waals surface area contributed by atoms with E-state index in [0.29, 0.717) is 16.5 Å². The van der Waals surface area contributed by atoms with Crippen LogP contribution < -0.4 is 10.5 Å². The molecule has 2 unspecified atom stereocenters. The SMILES string of the molecule is NC(Cc1cc(Cl)ccc1Cl)C1Cc2ccccc2O1. The minimum Gasteiger partial charge on any atom is -0.488 e. The summed E-state index contributed by atoms with van der Waals surface area (Å²) in [6.07, 6.45) is 1.48. The average Bonchev–Trinajstić information content (AvgIpc) is 2.87. The van der Waals surface area contributed by atoms with Crippen molar-refractivity contribution in [2.24, 2.45) is 5.73 Å². The summed E-state index contributed by atoms with van der Waals surface area (Å²) in [6, 6.07) is 13.4. The molecule has 0 aliphatic carbocycles. The van der Waals surface area contributed by atoms with Crippen molar-refractivity contribution < 1.29 is 4.74 Å². The van der Waals surface area contributed by atoms with Gasteiger partial charge in [-0.15, -0.1) is 0 Å². The van der Waals surface area contributed by atoms with Gasteiger partial charge in [-0.05, 0) is 41.8 Å². The number of nitrogens with two attached hydrogens (primary N) is 1. The molecule has 3 rings (SSSR count). The number of rotatable bonds is 3. The lowest BCUT2D eigenvalue weighted by atomic mass is 9.98. The van der Waals surface area contributed by atoms with Gasteiger partial charge in [0.15, 0.2) is 0 Å². The predicted octanol–water partition coefficient (Wildman–Crippen LogP) is 3.87. The summed E-state index contributed by atoms with van der Waals surface area (Å²) in [5.41, 5.74) is 8.46. The number of ether oxygens (including phenoxy) is 1. The van der Waals surface area contributed by atoms with Crippen LogP contribution in [0.25, 0.3) is 0 Å². The Labute approximate surface area is 128 Å². The fourth-order valence-corrected chi connectivity index (χ4v) is 2.92. The molecular weight excluding hydrogens is 293 g/mol. The normalized spacial score (nSPS) is 18.4. The van der Waals surface area contributed by atoms with Crippen molar-refractivity contribution in [1.29, 1.82) is 0 Å². The van der Waals surface area contributed by atoms with Crippen LogP contribution in [0.4, 0.5) is 0 Å². The summed E-state index contributed by atoms with van der Waals surface area (Å²) >= 11 is 12.2. The molecule has 0 radical (unpaired) electrons. The van der Waals surface area contributed by atoms with Gasteiger partial charge in [0.05, 0.1) is 0 Å². The molecule has 2 N–H and O–H groups in total. The Balaban J connectivity index is 1.72. The van der Waals surface area contributed by atoms with Crippen molar-refractivity contribution in [3.05, 3.63) is 63.6 Å². The molecule has 2 aromatic rings. The molecule has 0 aromatic heterocycles. The van der Waals surface area contributed by atoms with Gasteiger partial charge in [-0.3, -0.25) is 0 Å². The van der Waals surface area contributed by atoms with Gasteiger partial charge in [0.25, 0.3) is 0 Å². The molecular formula is C16H15Cl2NO. The quantitative estimate of drug-likeness (QED) is 0.934. The first-order chi connectivity index (χ1) is 9.63. The Bertz CT molecular complexity index is 605. The minimum absolute atomic E-state index is 0.0116. The highest BCUT2D eigenvalue weighted by Gasteiger charge is 2.28. The number of halogens is 2. The zero-order valence-electron chi connectivity index (χ0n) is 10.9. The van der Waals surface area contributed by atoms with E-state index in [1.807, 2.05) is 24.3 Å². The van der Waals surface area contributed by atoms with Crippen LogP contribution in [-0.4, -0.2) is 12.1 Å². The minimum atomic E-state index is -0.113. The summed E-state index contributed by atoms with van der Waals surface area (Å²) < 4.78 is 5.91. The molecule has 0 spiro atoms. The maximum Gasteiger partial charge on any atom is 0.123 e. The number of benzene rings is 2. The third-order valence-electron chi connectivity index (χ3n) is 3.61. The molecule has 0 saturated carbocycles. The van der Waals surface area contributed by atoms with Crippen molar-refractivity contribution in [3.63, 3.8) is 0 Å². The van der Waals surface area contributed by atoms with Crippen LogP contribution in [0.3, 0.4) is 0 Å². The molecule has 1 aliphatic heterocycles. The Morgan fingerprint density at radius 3 is 2.80 bits per heavy atom. The third-order valence-corrected chi connectivity index (χ3v) is 4.22. The van der Waals surface area contributed by atoms with Gasteiger partial charge in [0.1, 0.15) is 11.9 Å². The fourth-order valence-electron chi connectivity index (χ4n) is 2.53. The number of hydrogen-bond donors (Lipinski definition) is 1. The second kappa shape index (κ2) is 5.65. The molecule has 2 atom stereocenters. The maximum absolute atomic E-state index is 6.28. The van der Waals surface area contributed by atoms with Gasteiger partial charge in [-0.25, -0.2) is 0 Å². The number of hydrogen-bond acceptors (Lipinski definition) is 2. The Hall–Kier alpha value is -1.22. The fraction of sp³-hybridized carbons (Fsp3) is 0.250. The zero-order valence-corrected chi connectivity index (χ0v) is 12.4. The van der Waals surface area contributed by atoms with Crippen LogP contribution >= 0.6 is 23.2 Å². The Kier molecular flexibility index (Phi) is 3.88. The number of fused-ring (bicyclic) bond motifs is 1. The predicted molar refractivity (Wildman–Crippen MR) is 82.7 cm³/mol. The van der Waals surface area contributed by atoms with Crippen LogP contribution in [0, 0.1) is 0 Å². The summed E-state index contributed by atoms with van der Waals surface area (Å²) in [6.45, 7) is 0. The van der Waals surface area contributed by atoms with E-state index in [4.69, 9.17) is 33.7 Å². The smallest absolute Gasteiger partial charge is 0.123 e. The second-order valence-corrected chi connectivity index (χ2v) is 5.92. The molecule has 1 aliphatic rings. The molecule has 0 fully saturated rings. The molecule has 1 heterocycles. The molecule has 0 bridgehead atoms. The highest BCUT2D eigenvalue weighted by molar-refractivity contribution is 6.33. The second-order valence-electron chi connectivity index (χ2n) is 5.07. The van der Waals surface area contributed by atoms with Gasteiger partial charge in [0.2, 0.25) is 0 Å². The lowest BCUT2D eigenvalue weighted by Crippen LogP contribution is -2.39. The first-order valence-corrected chi connectivity index (χ1v) is 7.33. The van der Waals surface area contributed by atoms with Crippen LogP contribution in [0.2, 0.25) is 10.0 Å². The summed E-state index contributed by atoms with van der Waals surface area (Å²) in [5, 5.41) is 1.37. The Morgan fingerprint density at radius 2 is 2.00 bits per heavy atom. The molecule has 104 valence electrons. The van der Waals surface area contributed by atoms with Crippen molar-refractivity contribution in [2.75, 3.05) is 0 Å². The van der Waals surface area contributed by atoms with Crippen molar-refractivity contribution in [1.82, 2.24) is 0 Å². The van der Waals surface area contributed by atoms with E-state index in [0.717, 1.165) is 17.7 Å². The van der Waals surface area contributed by atoms with Gasteiger partial charge in [0, 0.05) is 22.5 Å². The summed E-state index contributed by atoms with van der Waals surface area (Å²) in [4.78, 5) is 0. The molecule has 20 heavy (non-hydrogen) atoms. The zero-order chi connectivity index (χ0) is 14.1. The van der Waals surface area contributed by atoms with Gasteiger partial charge in [-0.1, -0.05) is 41.4 Å². The molecule has 2 aromatic carbocycles. The Morgan fingerprint density at radius 1 is 1.20 bits per heavy atom. The van der Waals surface area contributed by atoms with E-state index < -0.39 is 0 Å². The van der Waals surface area contributed by atoms with Crippen molar-refractivity contribution >= 4 is 23.2 Å². The lowest BCUT2D eigenvalue weighted by Gasteiger charge is -2.19. The maximum atomic E-state index is 6.28. The van der Waals surface area contributed by atoms with E-state index in [-0.39, 0.29) is 12.1 Å². The average molecular weight is 308 g/mol. The van der Waals surface area contributed by atoms with Crippen molar-refractivity contribution in [2.45, 2.75) is 25.0 Å². The van der Waals surface area contributed by atoms with Gasteiger partial charge >= 0.3 is 0 Å². The van der Waals surface area contributed by atoms with Gasteiger partial charge in [-0.2, -0.15) is 0 Å². The van der Waals surface area contributed by atoms with Crippen LogP contribution in [0.1, 0.15) is 11.1 Å². The highest BCUT2D eigenvalue weighted by Crippen LogP contribution is 2.30. The van der Waals surface area contributed by atoms with Crippen LogP contribution in [0.15, 0.2) is 42.5 Å². The van der Waals surface area contributed by atoms with E-state index in [2.05, 4.69) is 6.07 Å². The largest absolute Gasteiger partial charge is 0.488 e. The van der Waals surface area contributed by atoms with Crippen LogP contribution in [0.5, 0.6) is 5.75 Å². The lowest BCUT2D eigenvalue weighted by molar-refractivity contribution is 0.198. The third kappa shape index (κ3) is 2.78. The standard InChI is InChI=1S/C16H15Cl2NO/c17-12-5-6-13(18)11(7-12)8-14(19)16-9-10-3-1-2-4-15(10)20-16/h1-7,14,16H,8-9,19H2. The van der Waals surface area contributed by atoms with Crippen molar-refractivity contribution in [3.8, 4) is 5.75 Å². The van der Waals surface area contributed by atoms with E-state index in [1.165, 1.54) is 5.56 Å². The van der Waals surface area contributed by atoms with E-state index >= 15 is 0 Å². The first-order valence-electron chi connectivity index (χ1n) is 6.57. The monoisotopic (exact) mass is 307 g/mol. The van der Waals surface area contributed by atoms with E-state index in [9.17, 15) is 0 Å². The molecule has 0 amide bonds. The highest BCUT2D eigenvalue weighted by atomic mass is 35.5. The first kappa shape index (κ1) is 13.7. The molecule has 0 saturated heterocycles. The number of para-hydroxylation sites is 1. The summed E-state index contributed by atoms with van der Waals surface area (Å²) in [5.74, 6) is 0.935. The molecule has 2 nitrogen and oxygen atoms in total. The van der Waals surface area contributed by atoms with E-state index in [1.54, 1.807) is 12.1 Å². The summed E-state index contributed by atoms with van der Waals surface area (Å²) in [7, 11) is 0.